The molecule has 1 aliphatic rings. The van der Waals surface area contributed by atoms with Gasteiger partial charge in [0.2, 0.25) is 10.0 Å². The van der Waals surface area contributed by atoms with Crippen LogP contribution in [0.15, 0.2) is 23.1 Å². The standard InChI is InChI=1S/C13H19ClN2O3S/c1-19-7-6-16(11-2-3-11)20(17,18)12-4-5-13(14)10(8-12)9-15/h4-5,8,11H,2-3,6-7,9,15H2,1H3. The number of nitrogens with two attached hydrogens (primary N) is 1. The normalized spacial score (nSPS) is 15.8. The monoisotopic (exact) mass is 318 g/mol. The Kier molecular flexibility index (Phi) is 5.04. The Balaban J connectivity index is 2.32. The molecule has 1 fully saturated rings. The third kappa shape index (κ3) is 3.32. The van der Waals surface area contributed by atoms with E-state index in [-0.39, 0.29) is 17.5 Å². The largest absolute Gasteiger partial charge is 0.383 e. The van der Waals surface area contributed by atoms with Gasteiger partial charge in [-0.3, -0.25) is 0 Å². The summed E-state index contributed by atoms with van der Waals surface area (Å²) in [5, 5.41) is 0.487. The number of ether oxygens (including phenoxy) is 1. The lowest BCUT2D eigenvalue weighted by Gasteiger charge is -2.22. The fraction of sp³-hybridized carbons (Fsp3) is 0.538. The van der Waals surface area contributed by atoms with Crippen LogP contribution in [-0.4, -0.2) is 39.0 Å². The van der Waals surface area contributed by atoms with Crippen molar-refractivity contribution in [2.24, 2.45) is 5.73 Å². The zero-order valence-electron chi connectivity index (χ0n) is 11.4. The summed E-state index contributed by atoms with van der Waals surface area (Å²) in [6.45, 7) is 0.959. The van der Waals surface area contributed by atoms with E-state index < -0.39 is 10.0 Å². The number of nitrogens with zero attached hydrogens (tertiary/aromatic N) is 1. The second-order valence-electron chi connectivity index (χ2n) is 4.80. The summed E-state index contributed by atoms with van der Waals surface area (Å²) in [6, 6.07) is 4.75. The molecule has 0 amide bonds. The maximum atomic E-state index is 12.7. The van der Waals surface area contributed by atoms with Crippen molar-refractivity contribution in [3.63, 3.8) is 0 Å². The van der Waals surface area contributed by atoms with Gasteiger partial charge in [-0.2, -0.15) is 4.31 Å². The number of rotatable bonds is 7. The molecule has 1 saturated carbocycles. The van der Waals surface area contributed by atoms with Crippen molar-refractivity contribution >= 4 is 21.6 Å². The summed E-state index contributed by atoms with van der Waals surface area (Å²) in [5.41, 5.74) is 6.21. The highest BCUT2D eigenvalue weighted by Gasteiger charge is 2.37. The highest BCUT2D eigenvalue weighted by Crippen LogP contribution is 2.32. The van der Waals surface area contributed by atoms with Crippen molar-refractivity contribution in [1.29, 1.82) is 0 Å². The number of benzene rings is 1. The van der Waals surface area contributed by atoms with Gasteiger partial charge < -0.3 is 10.5 Å². The van der Waals surface area contributed by atoms with Crippen LogP contribution in [0.3, 0.4) is 0 Å². The Bertz CT molecular complexity index is 573. The van der Waals surface area contributed by atoms with E-state index in [1.807, 2.05) is 0 Å². The first-order valence-electron chi connectivity index (χ1n) is 6.50. The van der Waals surface area contributed by atoms with Crippen LogP contribution in [0.1, 0.15) is 18.4 Å². The van der Waals surface area contributed by atoms with Gasteiger partial charge in [0.05, 0.1) is 11.5 Å². The van der Waals surface area contributed by atoms with E-state index in [0.717, 1.165) is 12.8 Å². The van der Waals surface area contributed by atoms with Crippen LogP contribution < -0.4 is 5.73 Å². The molecule has 0 aromatic heterocycles. The van der Waals surface area contributed by atoms with Crippen LogP contribution in [0.2, 0.25) is 5.02 Å². The quantitative estimate of drug-likeness (QED) is 0.828. The van der Waals surface area contributed by atoms with E-state index in [1.54, 1.807) is 19.2 Å². The Labute approximate surface area is 124 Å². The topological polar surface area (TPSA) is 72.6 Å². The average molecular weight is 319 g/mol. The van der Waals surface area contributed by atoms with E-state index in [2.05, 4.69) is 0 Å². The van der Waals surface area contributed by atoms with Gasteiger partial charge in [0, 0.05) is 31.3 Å². The number of sulfonamides is 1. The molecule has 112 valence electrons. The van der Waals surface area contributed by atoms with E-state index in [0.29, 0.717) is 23.7 Å². The lowest BCUT2D eigenvalue weighted by Crippen LogP contribution is -2.35. The maximum absolute atomic E-state index is 12.7. The molecule has 0 saturated heterocycles. The van der Waals surface area contributed by atoms with Crippen LogP contribution >= 0.6 is 11.6 Å². The number of hydrogen-bond donors (Lipinski definition) is 1. The van der Waals surface area contributed by atoms with Crippen LogP contribution in [0.5, 0.6) is 0 Å². The van der Waals surface area contributed by atoms with Crippen LogP contribution in [0.25, 0.3) is 0 Å². The van der Waals surface area contributed by atoms with Gasteiger partial charge in [-0.1, -0.05) is 11.6 Å². The van der Waals surface area contributed by atoms with Gasteiger partial charge in [0.15, 0.2) is 0 Å². The van der Waals surface area contributed by atoms with Gasteiger partial charge in [-0.25, -0.2) is 8.42 Å². The Morgan fingerprint density at radius 3 is 2.70 bits per heavy atom. The van der Waals surface area contributed by atoms with Crippen molar-refractivity contribution in [2.75, 3.05) is 20.3 Å². The fourth-order valence-corrected chi connectivity index (χ4v) is 3.96. The molecular formula is C13H19ClN2O3S. The smallest absolute Gasteiger partial charge is 0.243 e. The summed E-state index contributed by atoms with van der Waals surface area (Å²) in [5.74, 6) is 0. The predicted molar refractivity (Wildman–Crippen MR) is 78.1 cm³/mol. The van der Waals surface area contributed by atoms with Gasteiger partial charge in [0.1, 0.15) is 0 Å². The Morgan fingerprint density at radius 1 is 1.45 bits per heavy atom. The minimum Gasteiger partial charge on any atom is -0.383 e. The van der Waals surface area contributed by atoms with Crippen molar-refractivity contribution < 1.29 is 13.2 Å². The highest BCUT2D eigenvalue weighted by atomic mass is 35.5. The second kappa shape index (κ2) is 6.41. The lowest BCUT2D eigenvalue weighted by atomic mass is 10.2. The average Bonchev–Trinajstić information content (AvgIpc) is 3.24. The third-order valence-corrected chi connectivity index (χ3v) is 5.63. The second-order valence-corrected chi connectivity index (χ2v) is 7.09. The molecule has 0 atom stereocenters. The van der Waals surface area contributed by atoms with Crippen LogP contribution in [0, 0.1) is 0 Å². The Hall–Kier alpha value is -0.660. The summed E-state index contributed by atoms with van der Waals surface area (Å²) in [4.78, 5) is 0.241. The third-order valence-electron chi connectivity index (χ3n) is 3.31. The molecule has 0 unspecified atom stereocenters. The first kappa shape index (κ1) is 15.7. The SMILES string of the molecule is COCCN(C1CC1)S(=O)(=O)c1ccc(Cl)c(CN)c1. The maximum Gasteiger partial charge on any atom is 0.243 e. The molecule has 1 aromatic rings. The summed E-state index contributed by atoms with van der Waals surface area (Å²) in [6.07, 6.45) is 1.81. The molecular weight excluding hydrogens is 300 g/mol. The molecule has 5 nitrogen and oxygen atoms in total. The molecule has 1 aromatic carbocycles. The fourth-order valence-electron chi connectivity index (χ4n) is 2.05. The molecule has 2 rings (SSSR count). The van der Waals surface area contributed by atoms with Crippen molar-refractivity contribution in [3.05, 3.63) is 28.8 Å². The highest BCUT2D eigenvalue weighted by molar-refractivity contribution is 7.89. The minimum absolute atomic E-state index is 0.0900. The molecule has 7 heteroatoms. The molecule has 0 spiro atoms. The number of halogens is 1. The Morgan fingerprint density at radius 2 is 2.15 bits per heavy atom. The van der Waals surface area contributed by atoms with E-state index in [4.69, 9.17) is 22.1 Å². The van der Waals surface area contributed by atoms with E-state index in [1.165, 1.54) is 10.4 Å². The first-order chi connectivity index (χ1) is 9.50. The molecule has 0 heterocycles. The van der Waals surface area contributed by atoms with Gasteiger partial charge in [-0.15, -0.1) is 0 Å². The lowest BCUT2D eigenvalue weighted by molar-refractivity contribution is 0.177. The molecule has 0 aliphatic heterocycles. The van der Waals surface area contributed by atoms with Crippen molar-refractivity contribution in [3.8, 4) is 0 Å². The summed E-state index contributed by atoms with van der Waals surface area (Å²) < 4.78 is 31.9. The zero-order chi connectivity index (χ0) is 14.8. The van der Waals surface area contributed by atoms with Crippen LogP contribution in [-0.2, 0) is 21.3 Å². The molecule has 1 aliphatic carbocycles. The van der Waals surface area contributed by atoms with Gasteiger partial charge in [-0.05, 0) is 36.6 Å². The van der Waals surface area contributed by atoms with E-state index in [9.17, 15) is 8.42 Å². The number of hydrogen-bond acceptors (Lipinski definition) is 4. The van der Waals surface area contributed by atoms with Crippen molar-refractivity contribution in [1.82, 2.24) is 4.31 Å². The predicted octanol–water partition coefficient (Wildman–Crippen LogP) is 1.60. The minimum atomic E-state index is -3.52. The summed E-state index contributed by atoms with van der Waals surface area (Å²) >= 11 is 5.98. The molecule has 20 heavy (non-hydrogen) atoms. The van der Waals surface area contributed by atoms with E-state index >= 15 is 0 Å². The number of methoxy groups -OCH3 is 1. The van der Waals surface area contributed by atoms with Gasteiger partial charge >= 0.3 is 0 Å². The first-order valence-corrected chi connectivity index (χ1v) is 8.31. The molecule has 0 bridgehead atoms. The summed E-state index contributed by atoms with van der Waals surface area (Å²) in [7, 11) is -1.96. The zero-order valence-corrected chi connectivity index (χ0v) is 13.0. The molecule has 2 N–H and O–H groups in total. The van der Waals surface area contributed by atoms with Crippen LogP contribution in [0.4, 0.5) is 0 Å². The van der Waals surface area contributed by atoms with Gasteiger partial charge in [0.25, 0.3) is 0 Å². The molecule has 0 radical (unpaired) electrons. The van der Waals surface area contributed by atoms with Crippen molar-refractivity contribution in [2.45, 2.75) is 30.3 Å².